The number of rotatable bonds is 2. The molecule has 0 aromatic carbocycles. The number of amides is 1. The zero-order chi connectivity index (χ0) is 13.3. The molecule has 1 N–H and O–H groups in total. The summed E-state index contributed by atoms with van der Waals surface area (Å²) < 4.78 is 0. The van der Waals surface area contributed by atoms with Crippen molar-refractivity contribution in [2.24, 2.45) is 5.92 Å². The van der Waals surface area contributed by atoms with Crippen LogP contribution in [0.25, 0.3) is 0 Å². The van der Waals surface area contributed by atoms with Crippen LogP contribution >= 0.6 is 11.3 Å². The Bertz CT molecular complexity index is 439. The number of aliphatic hydroxyl groups excluding tert-OH is 1. The maximum absolute atomic E-state index is 12.5. The van der Waals surface area contributed by atoms with Crippen LogP contribution in [0, 0.1) is 19.8 Å². The first-order valence-corrected chi connectivity index (χ1v) is 7.35. The Balaban J connectivity index is 2.11. The highest BCUT2D eigenvalue weighted by molar-refractivity contribution is 7.12. The minimum atomic E-state index is -0.328. The van der Waals surface area contributed by atoms with Crippen molar-refractivity contribution in [3.05, 3.63) is 21.4 Å². The van der Waals surface area contributed by atoms with Crippen molar-refractivity contribution >= 4 is 17.2 Å². The first-order valence-electron chi connectivity index (χ1n) is 6.53. The summed E-state index contributed by atoms with van der Waals surface area (Å²) in [6.07, 6.45) is 1.68. The van der Waals surface area contributed by atoms with Gasteiger partial charge in [-0.05, 0) is 39.7 Å². The Morgan fingerprint density at radius 3 is 2.83 bits per heavy atom. The summed E-state index contributed by atoms with van der Waals surface area (Å²) in [5, 5.41) is 9.67. The molecule has 100 valence electrons. The molecular weight excluding hydrogens is 246 g/mol. The molecule has 2 atom stereocenters. The van der Waals surface area contributed by atoms with Crippen molar-refractivity contribution in [1.29, 1.82) is 0 Å². The Morgan fingerprint density at radius 2 is 2.28 bits per heavy atom. The molecule has 1 aliphatic rings. The molecule has 0 saturated carbocycles. The lowest BCUT2D eigenvalue weighted by Gasteiger charge is -2.34. The van der Waals surface area contributed by atoms with E-state index in [1.54, 1.807) is 11.3 Å². The molecule has 2 heterocycles. The molecule has 0 bridgehead atoms. The van der Waals surface area contributed by atoms with E-state index in [1.165, 1.54) is 4.88 Å². The zero-order valence-corrected chi connectivity index (χ0v) is 12.1. The van der Waals surface area contributed by atoms with Crippen LogP contribution in [0.1, 0.15) is 39.9 Å². The van der Waals surface area contributed by atoms with Crippen molar-refractivity contribution in [2.45, 2.75) is 39.7 Å². The van der Waals surface area contributed by atoms with E-state index in [4.69, 9.17) is 0 Å². The third-order valence-electron chi connectivity index (χ3n) is 3.70. The monoisotopic (exact) mass is 267 g/mol. The zero-order valence-electron chi connectivity index (χ0n) is 11.3. The normalized spacial score (nSPS) is 22.0. The lowest BCUT2D eigenvalue weighted by atomic mass is 9.93. The van der Waals surface area contributed by atoms with E-state index in [-0.39, 0.29) is 17.9 Å². The molecule has 0 spiro atoms. The summed E-state index contributed by atoms with van der Waals surface area (Å²) in [6, 6.07) is 1.98. The van der Waals surface area contributed by atoms with Gasteiger partial charge in [-0.1, -0.05) is 0 Å². The van der Waals surface area contributed by atoms with Crippen LogP contribution < -0.4 is 0 Å². The third-order valence-corrected chi connectivity index (χ3v) is 4.66. The Labute approximate surface area is 112 Å². The summed E-state index contributed by atoms with van der Waals surface area (Å²) in [4.78, 5) is 16.6. The number of likely N-dealkylation sites (tertiary alicyclic amines) is 1. The molecule has 1 saturated heterocycles. The van der Waals surface area contributed by atoms with E-state index in [2.05, 4.69) is 0 Å². The van der Waals surface area contributed by atoms with Gasteiger partial charge in [-0.3, -0.25) is 4.79 Å². The molecule has 4 heteroatoms. The number of nitrogens with zero attached hydrogens (tertiary/aromatic N) is 1. The predicted molar refractivity (Wildman–Crippen MR) is 74.1 cm³/mol. The first-order chi connectivity index (χ1) is 8.49. The van der Waals surface area contributed by atoms with Gasteiger partial charge in [0.25, 0.3) is 5.91 Å². The van der Waals surface area contributed by atoms with E-state index >= 15 is 0 Å². The smallest absolute Gasteiger partial charge is 0.254 e. The van der Waals surface area contributed by atoms with Crippen molar-refractivity contribution in [3.8, 4) is 0 Å². The maximum atomic E-state index is 12.5. The molecule has 0 radical (unpaired) electrons. The van der Waals surface area contributed by atoms with Gasteiger partial charge >= 0.3 is 0 Å². The van der Waals surface area contributed by atoms with E-state index in [0.29, 0.717) is 6.54 Å². The summed E-state index contributed by atoms with van der Waals surface area (Å²) in [5.41, 5.74) is 0.837. The van der Waals surface area contributed by atoms with Gasteiger partial charge < -0.3 is 10.0 Å². The number of aliphatic hydroxyl groups is 1. The summed E-state index contributed by atoms with van der Waals surface area (Å²) in [6.45, 7) is 7.35. The standard InChI is InChI=1S/C14H21NO2S/c1-9-7-13(11(3)18-9)14(17)15-6-4-5-12(8-15)10(2)16/h7,10,12,16H,4-6,8H2,1-3H3. The lowest BCUT2D eigenvalue weighted by Crippen LogP contribution is -2.43. The van der Waals surface area contributed by atoms with Crippen molar-refractivity contribution in [3.63, 3.8) is 0 Å². The second kappa shape index (κ2) is 5.41. The van der Waals surface area contributed by atoms with Crippen LogP contribution in [0.3, 0.4) is 0 Å². The van der Waals surface area contributed by atoms with Gasteiger partial charge in [-0.25, -0.2) is 0 Å². The number of aryl methyl sites for hydroxylation is 2. The highest BCUT2D eigenvalue weighted by Gasteiger charge is 2.28. The van der Waals surface area contributed by atoms with Crippen LogP contribution in [0.4, 0.5) is 0 Å². The maximum Gasteiger partial charge on any atom is 0.254 e. The fraction of sp³-hybridized carbons (Fsp3) is 0.643. The van der Waals surface area contributed by atoms with Gasteiger partial charge in [0.05, 0.1) is 11.7 Å². The minimum Gasteiger partial charge on any atom is -0.393 e. The predicted octanol–water partition coefficient (Wildman–Crippen LogP) is 2.60. The third kappa shape index (κ3) is 2.75. The average molecular weight is 267 g/mol. The topological polar surface area (TPSA) is 40.5 Å². The number of carbonyl (C=O) groups is 1. The fourth-order valence-corrected chi connectivity index (χ4v) is 3.52. The van der Waals surface area contributed by atoms with Gasteiger partial charge in [0, 0.05) is 28.8 Å². The molecular formula is C14H21NO2S. The number of carbonyl (C=O) groups excluding carboxylic acids is 1. The lowest BCUT2D eigenvalue weighted by molar-refractivity contribution is 0.0466. The highest BCUT2D eigenvalue weighted by atomic mass is 32.1. The second-order valence-corrected chi connectivity index (χ2v) is 6.68. The van der Waals surface area contributed by atoms with Gasteiger partial charge in [-0.15, -0.1) is 11.3 Å². The van der Waals surface area contributed by atoms with E-state index in [0.717, 1.165) is 29.8 Å². The molecule has 1 aromatic heterocycles. The number of piperidine rings is 1. The number of thiophene rings is 1. The molecule has 0 aliphatic carbocycles. The van der Waals surface area contributed by atoms with E-state index in [9.17, 15) is 9.90 Å². The van der Waals surface area contributed by atoms with Crippen LogP contribution in [-0.4, -0.2) is 35.1 Å². The van der Waals surface area contributed by atoms with Crippen molar-refractivity contribution in [2.75, 3.05) is 13.1 Å². The molecule has 1 fully saturated rings. The van der Waals surface area contributed by atoms with Crippen molar-refractivity contribution in [1.82, 2.24) is 4.90 Å². The molecule has 1 aliphatic heterocycles. The van der Waals surface area contributed by atoms with E-state index in [1.807, 2.05) is 31.7 Å². The Morgan fingerprint density at radius 1 is 1.56 bits per heavy atom. The highest BCUT2D eigenvalue weighted by Crippen LogP contribution is 2.25. The van der Waals surface area contributed by atoms with Crippen LogP contribution in [0.2, 0.25) is 0 Å². The SMILES string of the molecule is Cc1cc(C(=O)N2CCCC(C(C)O)C2)c(C)s1. The molecule has 3 nitrogen and oxygen atoms in total. The average Bonchev–Trinajstić information content (AvgIpc) is 2.67. The molecule has 2 rings (SSSR count). The molecule has 1 aromatic rings. The summed E-state index contributed by atoms with van der Waals surface area (Å²) in [7, 11) is 0. The number of hydrogen-bond acceptors (Lipinski definition) is 3. The number of hydrogen-bond donors (Lipinski definition) is 1. The largest absolute Gasteiger partial charge is 0.393 e. The fourth-order valence-electron chi connectivity index (χ4n) is 2.60. The van der Waals surface area contributed by atoms with Gasteiger partial charge in [0.15, 0.2) is 0 Å². The van der Waals surface area contributed by atoms with Crippen molar-refractivity contribution < 1.29 is 9.90 Å². The Kier molecular flexibility index (Phi) is 4.07. The van der Waals surface area contributed by atoms with Gasteiger partial charge in [0.1, 0.15) is 0 Å². The quantitative estimate of drug-likeness (QED) is 0.894. The van der Waals surface area contributed by atoms with Crippen LogP contribution in [0.5, 0.6) is 0 Å². The summed E-state index contributed by atoms with van der Waals surface area (Å²) in [5.74, 6) is 0.352. The van der Waals surface area contributed by atoms with Gasteiger partial charge in [-0.2, -0.15) is 0 Å². The van der Waals surface area contributed by atoms with Crippen LogP contribution in [0.15, 0.2) is 6.07 Å². The molecule has 18 heavy (non-hydrogen) atoms. The van der Waals surface area contributed by atoms with Gasteiger partial charge in [0.2, 0.25) is 0 Å². The first kappa shape index (κ1) is 13.6. The second-order valence-electron chi connectivity index (χ2n) is 5.22. The Hall–Kier alpha value is -0.870. The molecule has 2 unspecified atom stereocenters. The molecule has 1 amide bonds. The van der Waals surface area contributed by atoms with E-state index < -0.39 is 0 Å². The minimum absolute atomic E-state index is 0.127. The summed E-state index contributed by atoms with van der Waals surface area (Å²) >= 11 is 1.67. The van der Waals surface area contributed by atoms with Crippen LogP contribution in [-0.2, 0) is 0 Å².